The number of para-hydroxylation sites is 1. The monoisotopic (exact) mass is 317 g/mol. The summed E-state index contributed by atoms with van der Waals surface area (Å²) in [5.41, 5.74) is 1.16. The summed E-state index contributed by atoms with van der Waals surface area (Å²) in [5, 5.41) is 2.81. The largest absolute Gasteiger partial charge is 0.488 e. The van der Waals surface area contributed by atoms with Crippen molar-refractivity contribution < 1.29 is 13.9 Å². The average molecular weight is 317 g/mol. The average Bonchev–Trinajstić information content (AvgIpc) is 2.53. The highest BCUT2D eigenvalue weighted by Gasteiger charge is 2.15. The predicted molar refractivity (Wildman–Crippen MR) is 85.0 cm³/mol. The maximum atomic E-state index is 13.5. The second-order valence-electron chi connectivity index (χ2n) is 5.25. The van der Waals surface area contributed by atoms with Gasteiger partial charge < -0.3 is 10.1 Å². The number of carbonyl (C=O) groups is 1. The van der Waals surface area contributed by atoms with Crippen molar-refractivity contribution in [2.45, 2.75) is 33.2 Å². The van der Waals surface area contributed by atoms with E-state index in [0.29, 0.717) is 23.5 Å². The van der Waals surface area contributed by atoms with E-state index in [4.69, 9.17) is 4.74 Å². The number of amides is 1. The van der Waals surface area contributed by atoms with Crippen molar-refractivity contribution in [1.29, 1.82) is 0 Å². The minimum absolute atomic E-state index is 0.168. The van der Waals surface area contributed by atoms with Crippen LogP contribution in [0.3, 0.4) is 0 Å². The molecule has 1 unspecified atom stereocenters. The van der Waals surface area contributed by atoms with Gasteiger partial charge in [-0.2, -0.15) is 0 Å². The third kappa shape index (κ3) is 4.48. The summed E-state index contributed by atoms with van der Waals surface area (Å²) < 4.78 is 18.9. The van der Waals surface area contributed by atoms with Gasteiger partial charge in [0, 0.05) is 6.20 Å². The first-order chi connectivity index (χ1) is 11.0. The Labute approximate surface area is 134 Å². The van der Waals surface area contributed by atoms with E-state index in [1.165, 1.54) is 12.3 Å². The molecular weight excluding hydrogens is 297 g/mol. The minimum Gasteiger partial charge on any atom is -0.488 e. The van der Waals surface area contributed by atoms with Gasteiger partial charge in [0.2, 0.25) is 0 Å². The van der Waals surface area contributed by atoms with Crippen molar-refractivity contribution in [2.24, 2.45) is 0 Å². The standard InChI is InChI=1S/C17H20FN3O2/c1-4-15-13(9-19-12(3)21-15)17(22)20-11(2)10-23-16-8-6-5-7-14(16)18/h5-9,11H,4,10H2,1-3H3,(H,20,22). The van der Waals surface area contributed by atoms with Crippen LogP contribution in [0.2, 0.25) is 0 Å². The van der Waals surface area contributed by atoms with Crippen molar-refractivity contribution in [3.8, 4) is 5.75 Å². The number of hydrogen-bond acceptors (Lipinski definition) is 4. The molecular formula is C17H20FN3O2. The van der Waals surface area contributed by atoms with Gasteiger partial charge in [0.15, 0.2) is 11.6 Å². The molecule has 0 bridgehead atoms. The molecule has 1 aromatic carbocycles. The van der Waals surface area contributed by atoms with Crippen LogP contribution < -0.4 is 10.1 Å². The summed E-state index contributed by atoms with van der Waals surface area (Å²) >= 11 is 0. The lowest BCUT2D eigenvalue weighted by molar-refractivity contribution is 0.0924. The van der Waals surface area contributed by atoms with E-state index in [-0.39, 0.29) is 24.3 Å². The predicted octanol–water partition coefficient (Wildman–Crippen LogP) is 2.68. The third-order valence-electron chi connectivity index (χ3n) is 3.27. The van der Waals surface area contributed by atoms with Crippen LogP contribution in [0.5, 0.6) is 5.75 Å². The van der Waals surface area contributed by atoms with E-state index in [9.17, 15) is 9.18 Å². The lowest BCUT2D eigenvalue weighted by atomic mass is 10.1. The molecule has 0 saturated carbocycles. The summed E-state index contributed by atoms with van der Waals surface area (Å²) in [4.78, 5) is 20.6. The van der Waals surface area contributed by atoms with Crippen LogP contribution in [0.25, 0.3) is 0 Å². The number of nitrogens with one attached hydrogen (secondary N) is 1. The van der Waals surface area contributed by atoms with Crippen molar-refractivity contribution >= 4 is 5.91 Å². The molecule has 1 heterocycles. The van der Waals surface area contributed by atoms with Gasteiger partial charge in [0.05, 0.1) is 17.3 Å². The molecule has 122 valence electrons. The highest BCUT2D eigenvalue weighted by atomic mass is 19.1. The van der Waals surface area contributed by atoms with Crippen molar-refractivity contribution in [3.63, 3.8) is 0 Å². The van der Waals surface area contributed by atoms with E-state index in [2.05, 4.69) is 15.3 Å². The fourth-order valence-corrected chi connectivity index (χ4v) is 2.10. The van der Waals surface area contributed by atoms with Gasteiger partial charge in [0.25, 0.3) is 5.91 Å². The second-order valence-corrected chi connectivity index (χ2v) is 5.25. The first-order valence-corrected chi connectivity index (χ1v) is 7.52. The van der Waals surface area contributed by atoms with E-state index < -0.39 is 5.82 Å². The Morgan fingerprint density at radius 1 is 1.39 bits per heavy atom. The molecule has 0 radical (unpaired) electrons. The number of carbonyl (C=O) groups excluding carboxylic acids is 1. The van der Waals surface area contributed by atoms with E-state index >= 15 is 0 Å². The van der Waals surface area contributed by atoms with Crippen LogP contribution in [-0.2, 0) is 6.42 Å². The summed E-state index contributed by atoms with van der Waals surface area (Å²) in [6, 6.07) is 5.88. The van der Waals surface area contributed by atoms with E-state index in [1.54, 1.807) is 32.0 Å². The Bertz CT molecular complexity index is 691. The van der Waals surface area contributed by atoms with Gasteiger partial charge in [-0.15, -0.1) is 0 Å². The van der Waals surface area contributed by atoms with Crippen molar-refractivity contribution in [1.82, 2.24) is 15.3 Å². The molecule has 0 aliphatic rings. The molecule has 1 atom stereocenters. The molecule has 0 aliphatic heterocycles. The molecule has 2 rings (SSSR count). The van der Waals surface area contributed by atoms with Crippen LogP contribution in [0.15, 0.2) is 30.5 Å². The Balaban J connectivity index is 1.96. The number of aromatic nitrogens is 2. The summed E-state index contributed by atoms with van der Waals surface area (Å²) in [5.74, 6) is 0.119. The Hall–Kier alpha value is -2.50. The van der Waals surface area contributed by atoms with Crippen molar-refractivity contribution in [3.05, 3.63) is 53.4 Å². The number of ether oxygens (including phenoxy) is 1. The maximum Gasteiger partial charge on any atom is 0.255 e. The first-order valence-electron chi connectivity index (χ1n) is 7.52. The number of benzene rings is 1. The van der Waals surface area contributed by atoms with Gasteiger partial charge in [-0.05, 0) is 32.4 Å². The second kappa shape index (κ2) is 7.67. The summed E-state index contributed by atoms with van der Waals surface area (Å²) in [6.45, 7) is 5.68. The van der Waals surface area contributed by atoms with Crippen LogP contribution in [0.4, 0.5) is 4.39 Å². The van der Waals surface area contributed by atoms with Crippen LogP contribution >= 0.6 is 0 Å². The van der Waals surface area contributed by atoms with Gasteiger partial charge in [-0.1, -0.05) is 19.1 Å². The fourth-order valence-electron chi connectivity index (χ4n) is 2.10. The highest BCUT2D eigenvalue weighted by molar-refractivity contribution is 5.95. The summed E-state index contributed by atoms with van der Waals surface area (Å²) in [6.07, 6.45) is 2.17. The Morgan fingerprint density at radius 2 is 2.13 bits per heavy atom. The first kappa shape index (κ1) is 16.9. The number of rotatable bonds is 6. The van der Waals surface area contributed by atoms with Crippen LogP contribution in [-0.4, -0.2) is 28.5 Å². The van der Waals surface area contributed by atoms with Gasteiger partial charge in [-0.3, -0.25) is 4.79 Å². The third-order valence-corrected chi connectivity index (χ3v) is 3.27. The molecule has 0 spiro atoms. The zero-order valence-corrected chi connectivity index (χ0v) is 13.5. The quantitative estimate of drug-likeness (QED) is 0.889. The molecule has 0 saturated heterocycles. The maximum absolute atomic E-state index is 13.5. The van der Waals surface area contributed by atoms with Crippen LogP contribution in [0, 0.1) is 12.7 Å². The Morgan fingerprint density at radius 3 is 2.83 bits per heavy atom. The molecule has 0 aliphatic carbocycles. The molecule has 0 fully saturated rings. The number of halogens is 1. The van der Waals surface area contributed by atoms with Crippen LogP contribution in [0.1, 0.15) is 35.7 Å². The molecule has 5 nitrogen and oxygen atoms in total. The van der Waals surface area contributed by atoms with Gasteiger partial charge >= 0.3 is 0 Å². The summed E-state index contributed by atoms with van der Waals surface area (Å²) in [7, 11) is 0. The highest BCUT2D eigenvalue weighted by Crippen LogP contribution is 2.15. The lowest BCUT2D eigenvalue weighted by Crippen LogP contribution is -2.37. The Kier molecular flexibility index (Phi) is 5.62. The molecule has 1 amide bonds. The number of nitrogens with zero attached hydrogens (tertiary/aromatic N) is 2. The molecule has 6 heteroatoms. The zero-order chi connectivity index (χ0) is 16.8. The SMILES string of the molecule is CCc1nc(C)ncc1C(=O)NC(C)COc1ccccc1F. The van der Waals surface area contributed by atoms with E-state index in [0.717, 1.165) is 0 Å². The minimum atomic E-state index is -0.425. The zero-order valence-electron chi connectivity index (χ0n) is 13.5. The number of hydrogen-bond donors (Lipinski definition) is 1. The van der Waals surface area contributed by atoms with Gasteiger partial charge in [0.1, 0.15) is 12.4 Å². The van der Waals surface area contributed by atoms with E-state index in [1.807, 2.05) is 6.92 Å². The number of aryl methyl sites for hydroxylation is 2. The molecule has 1 N–H and O–H groups in total. The normalized spacial score (nSPS) is 11.8. The molecule has 23 heavy (non-hydrogen) atoms. The van der Waals surface area contributed by atoms with Gasteiger partial charge in [-0.25, -0.2) is 14.4 Å². The lowest BCUT2D eigenvalue weighted by Gasteiger charge is -2.16. The fraction of sp³-hybridized carbons (Fsp3) is 0.353. The molecule has 2 aromatic rings. The smallest absolute Gasteiger partial charge is 0.255 e. The molecule has 1 aromatic heterocycles. The topological polar surface area (TPSA) is 64.1 Å². The van der Waals surface area contributed by atoms with Crippen molar-refractivity contribution in [2.75, 3.05) is 6.61 Å².